The van der Waals surface area contributed by atoms with Gasteiger partial charge in [-0.2, -0.15) is 5.10 Å². The van der Waals surface area contributed by atoms with Crippen LogP contribution in [0.25, 0.3) is 5.69 Å². The maximum Gasteiger partial charge on any atom is 0.341 e. The highest BCUT2D eigenvalue weighted by atomic mass is 16.5. The summed E-state index contributed by atoms with van der Waals surface area (Å²) in [7, 11) is 0. The molecule has 0 spiro atoms. The van der Waals surface area contributed by atoms with E-state index in [0.717, 1.165) is 17.8 Å². The summed E-state index contributed by atoms with van der Waals surface area (Å²) in [5.41, 5.74) is 3.81. The highest BCUT2D eigenvalue weighted by Gasteiger charge is 2.21. The lowest BCUT2D eigenvalue weighted by atomic mass is 10.1. The summed E-state index contributed by atoms with van der Waals surface area (Å²) >= 11 is 0. The van der Waals surface area contributed by atoms with E-state index in [2.05, 4.69) is 10.4 Å². The predicted molar refractivity (Wildman–Crippen MR) is 120 cm³/mol. The smallest absolute Gasteiger partial charge is 0.341 e. The van der Waals surface area contributed by atoms with Crippen LogP contribution >= 0.6 is 0 Å². The van der Waals surface area contributed by atoms with E-state index in [1.165, 1.54) is 6.20 Å². The van der Waals surface area contributed by atoms with Crippen LogP contribution in [-0.2, 0) is 9.53 Å². The number of benzene rings is 2. The number of carbonyl (C=O) groups is 3. The molecule has 8 nitrogen and oxygen atoms in total. The van der Waals surface area contributed by atoms with E-state index in [9.17, 15) is 14.4 Å². The van der Waals surface area contributed by atoms with E-state index in [1.54, 1.807) is 59.8 Å². The van der Waals surface area contributed by atoms with Gasteiger partial charge in [-0.15, -0.1) is 0 Å². The number of aromatic nitrogens is 2. The fourth-order valence-corrected chi connectivity index (χ4v) is 3.68. The van der Waals surface area contributed by atoms with Crippen molar-refractivity contribution in [3.63, 3.8) is 0 Å². The van der Waals surface area contributed by atoms with Gasteiger partial charge >= 0.3 is 5.97 Å². The summed E-state index contributed by atoms with van der Waals surface area (Å²) in [5, 5.41) is 7.14. The summed E-state index contributed by atoms with van der Waals surface area (Å²) in [4.78, 5) is 38.2. The predicted octanol–water partition coefficient (Wildman–Crippen LogP) is 3.74. The van der Waals surface area contributed by atoms with Gasteiger partial charge in [-0.05, 0) is 68.8 Å². The van der Waals surface area contributed by atoms with Gasteiger partial charge < -0.3 is 15.0 Å². The topological polar surface area (TPSA) is 93.5 Å². The van der Waals surface area contributed by atoms with E-state index >= 15 is 0 Å². The Balaban J connectivity index is 1.43. The van der Waals surface area contributed by atoms with E-state index in [1.807, 2.05) is 12.1 Å². The number of nitrogens with one attached hydrogen (secondary N) is 1. The Morgan fingerprint density at radius 3 is 2.38 bits per heavy atom. The number of rotatable bonds is 6. The van der Waals surface area contributed by atoms with Crippen LogP contribution in [0.3, 0.4) is 0 Å². The third-order valence-corrected chi connectivity index (χ3v) is 5.39. The van der Waals surface area contributed by atoms with Crippen LogP contribution in [0.1, 0.15) is 46.2 Å². The molecule has 1 N–H and O–H groups in total. The molecule has 4 rings (SSSR count). The number of ether oxygens (including phenoxy) is 1. The van der Waals surface area contributed by atoms with Crippen LogP contribution in [0.2, 0.25) is 0 Å². The van der Waals surface area contributed by atoms with Gasteiger partial charge in [-0.25, -0.2) is 9.48 Å². The first-order valence-corrected chi connectivity index (χ1v) is 10.5. The van der Waals surface area contributed by atoms with Crippen molar-refractivity contribution in [2.45, 2.75) is 26.7 Å². The Hall–Kier alpha value is -3.94. The maximum absolute atomic E-state index is 12.6. The molecule has 0 atom stereocenters. The lowest BCUT2D eigenvalue weighted by molar-refractivity contribution is -0.117. The van der Waals surface area contributed by atoms with Crippen molar-refractivity contribution in [2.24, 2.45) is 0 Å². The van der Waals surface area contributed by atoms with E-state index in [-0.39, 0.29) is 11.8 Å². The van der Waals surface area contributed by atoms with E-state index in [0.29, 0.717) is 42.1 Å². The third kappa shape index (κ3) is 4.25. The van der Waals surface area contributed by atoms with Crippen LogP contribution in [0.5, 0.6) is 0 Å². The van der Waals surface area contributed by atoms with Crippen LogP contribution in [0.4, 0.5) is 11.4 Å². The number of amides is 2. The maximum atomic E-state index is 12.6. The summed E-state index contributed by atoms with van der Waals surface area (Å²) in [5.74, 6) is -0.527. The zero-order valence-corrected chi connectivity index (χ0v) is 18.0. The molecule has 8 heteroatoms. The number of hydrogen-bond donors (Lipinski definition) is 1. The first-order valence-electron chi connectivity index (χ1n) is 10.5. The quantitative estimate of drug-likeness (QED) is 0.599. The first kappa shape index (κ1) is 21.3. The average Bonchev–Trinajstić information content (AvgIpc) is 3.40. The Labute approximate surface area is 185 Å². The van der Waals surface area contributed by atoms with Gasteiger partial charge in [0.15, 0.2) is 0 Å². The monoisotopic (exact) mass is 432 g/mol. The summed E-state index contributed by atoms with van der Waals surface area (Å²) in [6.07, 6.45) is 2.92. The normalized spacial score (nSPS) is 13.3. The number of esters is 1. The lowest BCUT2D eigenvalue weighted by Gasteiger charge is -2.15. The molecule has 0 aliphatic carbocycles. The molecule has 1 fully saturated rings. The van der Waals surface area contributed by atoms with Gasteiger partial charge in [-0.1, -0.05) is 0 Å². The van der Waals surface area contributed by atoms with Gasteiger partial charge in [0.05, 0.1) is 24.2 Å². The van der Waals surface area contributed by atoms with Crippen LogP contribution in [-0.4, -0.2) is 40.7 Å². The average molecular weight is 432 g/mol. The first-order chi connectivity index (χ1) is 15.5. The summed E-state index contributed by atoms with van der Waals surface area (Å²) in [6, 6.07) is 14.2. The second-order valence-corrected chi connectivity index (χ2v) is 7.47. The minimum Gasteiger partial charge on any atom is -0.462 e. The van der Waals surface area contributed by atoms with Gasteiger partial charge in [0.1, 0.15) is 5.56 Å². The fourth-order valence-electron chi connectivity index (χ4n) is 3.68. The Bertz CT molecular complexity index is 1150. The van der Waals surface area contributed by atoms with E-state index in [4.69, 9.17) is 4.74 Å². The molecule has 1 aliphatic heterocycles. The molecule has 2 amide bonds. The molecule has 1 aliphatic rings. The SMILES string of the molecule is CCOC(=O)c1cnn(-c2ccc(NC(=O)c3ccc(N4CCCC4=O)cc3)cc2)c1C. The number of hydrogen-bond acceptors (Lipinski definition) is 5. The minimum atomic E-state index is -0.403. The van der Waals surface area contributed by atoms with Gasteiger partial charge in [-0.3, -0.25) is 9.59 Å². The van der Waals surface area contributed by atoms with Crippen LogP contribution in [0, 0.1) is 6.92 Å². The largest absolute Gasteiger partial charge is 0.462 e. The van der Waals surface area contributed by atoms with Gasteiger partial charge in [0, 0.05) is 29.9 Å². The molecular weight excluding hydrogens is 408 g/mol. The molecular formula is C24H24N4O4. The van der Waals surface area contributed by atoms with Crippen LogP contribution in [0.15, 0.2) is 54.7 Å². The molecule has 0 saturated carbocycles. The molecule has 32 heavy (non-hydrogen) atoms. The molecule has 2 aromatic carbocycles. The van der Waals surface area contributed by atoms with Crippen molar-refractivity contribution >= 4 is 29.2 Å². The zero-order valence-electron chi connectivity index (χ0n) is 18.0. The number of carbonyl (C=O) groups excluding carboxylic acids is 3. The Kier molecular flexibility index (Phi) is 6.02. The molecule has 0 radical (unpaired) electrons. The van der Waals surface area contributed by atoms with Crippen molar-refractivity contribution in [3.8, 4) is 5.69 Å². The molecule has 1 aromatic heterocycles. The van der Waals surface area contributed by atoms with Crippen molar-refractivity contribution in [2.75, 3.05) is 23.4 Å². The van der Waals surface area contributed by atoms with Crippen molar-refractivity contribution in [1.82, 2.24) is 9.78 Å². The highest BCUT2D eigenvalue weighted by molar-refractivity contribution is 6.05. The van der Waals surface area contributed by atoms with Crippen molar-refractivity contribution in [1.29, 1.82) is 0 Å². The second kappa shape index (κ2) is 9.05. The number of nitrogens with zero attached hydrogens (tertiary/aromatic N) is 3. The molecule has 164 valence electrons. The van der Waals surface area contributed by atoms with Crippen LogP contribution < -0.4 is 10.2 Å². The second-order valence-electron chi connectivity index (χ2n) is 7.47. The highest BCUT2D eigenvalue weighted by Crippen LogP contribution is 2.22. The van der Waals surface area contributed by atoms with Gasteiger partial charge in [0.25, 0.3) is 5.91 Å². The van der Waals surface area contributed by atoms with Gasteiger partial charge in [0.2, 0.25) is 5.91 Å². The molecule has 2 heterocycles. The fraction of sp³-hybridized carbons (Fsp3) is 0.250. The Morgan fingerprint density at radius 2 is 1.75 bits per heavy atom. The summed E-state index contributed by atoms with van der Waals surface area (Å²) < 4.78 is 6.69. The molecule has 0 bridgehead atoms. The van der Waals surface area contributed by atoms with E-state index < -0.39 is 5.97 Å². The molecule has 0 unspecified atom stereocenters. The minimum absolute atomic E-state index is 0.115. The third-order valence-electron chi connectivity index (χ3n) is 5.39. The standard InChI is InChI=1S/C24H24N4O4/c1-3-32-24(31)21-15-25-28(16(21)2)20-12-8-18(9-13-20)26-23(30)17-6-10-19(11-7-17)27-14-4-5-22(27)29/h6-13,15H,3-5,14H2,1-2H3,(H,26,30). The molecule has 1 saturated heterocycles. The summed E-state index contributed by atoms with van der Waals surface area (Å²) in [6.45, 7) is 4.58. The van der Waals surface area contributed by atoms with Crippen molar-refractivity contribution in [3.05, 3.63) is 71.5 Å². The lowest BCUT2D eigenvalue weighted by Crippen LogP contribution is -2.23. The zero-order chi connectivity index (χ0) is 22.7. The number of anilines is 2. The molecule has 3 aromatic rings. The Morgan fingerprint density at radius 1 is 1.06 bits per heavy atom. The van der Waals surface area contributed by atoms with Crippen molar-refractivity contribution < 1.29 is 19.1 Å².